The lowest BCUT2D eigenvalue weighted by molar-refractivity contribution is -0.131. The minimum Gasteiger partial charge on any atom is -0.478 e. The smallest absolute Gasteiger partial charge is 0.327 e. The number of fused-ring (bicyclic) bond motifs is 1. The second-order valence-corrected chi connectivity index (χ2v) is 3.81. The van der Waals surface area contributed by atoms with Gasteiger partial charge in [-0.1, -0.05) is 44.2 Å². The molecule has 1 N–H and O–H groups in total. The lowest BCUT2D eigenvalue weighted by Gasteiger charge is -2.13. The van der Waals surface area contributed by atoms with Crippen molar-refractivity contribution in [3.63, 3.8) is 0 Å². The van der Waals surface area contributed by atoms with Gasteiger partial charge in [-0.3, -0.25) is 0 Å². The monoisotopic (exact) mass is 248 g/mol. The van der Waals surface area contributed by atoms with E-state index in [0.717, 1.165) is 6.08 Å². The highest BCUT2D eigenvalue weighted by molar-refractivity contribution is 5.79. The van der Waals surface area contributed by atoms with Gasteiger partial charge in [0.2, 0.25) is 0 Å². The molecular weight excluding hydrogens is 224 g/mol. The van der Waals surface area contributed by atoms with E-state index in [4.69, 9.17) is 5.11 Å². The number of carboxylic acids is 1. The Morgan fingerprint density at radius 3 is 1.83 bits per heavy atom. The standard InChI is InChI=1S/C10H12.C4H6O2.C2H6/c1-2-6-10-8-4-3-7-9(10)5-1;1-2-3-4(5)6;1-2/h1-2,5-6H,3-4,7-8H2;2-3H,1H3,(H,5,6);1-2H3. The first kappa shape index (κ1) is 16.4. The van der Waals surface area contributed by atoms with Gasteiger partial charge in [-0.15, -0.1) is 0 Å². The van der Waals surface area contributed by atoms with Crippen molar-refractivity contribution in [3.05, 3.63) is 47.5 Å². The topological polar surface area (TPSA) is 37.3 Å². The molecule has 1 aliphatic rings. The molecule has 2 nitrogen and oxygen atoms in total. The maximum Gasteiger partial charge on any atom is 0.327 e. The van der Waals surface area contributed by atoms with E-state index in [2.05, 4.69) is 24.3 Å². The van der Waals surface area contributed by atoms with E-state index in [1.54, 1.807) is 18.1 Å². The lowest BCUT2D eigenvalue weighted by Crippen LogP contribution is -2.00. The number of allylic oxidation sites excluding steroid dienone is 1. The van der Waals surface area contributed by atoms with Crippen molar-refractivity contribution in [2.24, 2.45) is 0 Å². The molecule has 0 fully saturated rings. The average Bonchev–Trinajstić information content (AvgIpc) is 2.42. The third-order valence-corrected chi connectivity index (χ3v) is 2.57. The summed E-state index contributed by atoms with van der Waals surface area (Å²) in [6.07, 6.45) is 7.93. The number of aryl methyl sites for hydroxylation is 2. The van der Waals surface area contributed by atoms with Crippen LogP contribution in [0.3, 0.4) is 0 Å². The number of carboxylic acid groups (broad SMARTS) is 1. The third kappa shape index (κ3) is 6.89. The Labute approximate surface area is 110 Å². The zero-order valence-corrected chi connectivity index (χ0v) is 11.6. The molecular formula is C16H24O2. The van der Waals surface area contributed by atoms with Gasteiger partial charge < -0.3 is 5.11 Å². The normalized spacial score (nSPS) is 12.6. The van der Waals surface area contributed by atoms with E-state index in [1.165, 1.54) is 31.8 Å². The average molecular weight is 248 g/mol. The van der Waals surface area contributed by atoms with E-state index >= 15 is 0 Å². The maximum absolute atomic E-state index is 9.51. The minimum absolute atomic E-state index is 0.891. The predicted molar refractivity (Wildman–Crippen MR) is 76.9 cm³/mol. The molecule has 0 spiro atoms. The lowest BCUT2D eigenvalue weighted by atomic mass is 9.92. The van der Waals surface area contributed by atoms with Crippen molar-refractivity contribution in [2.45, 2.75) is 46.5 Å². The van der Waals surface area contributed by atoms with Gasteiger partial charge in [-0.2, -0.15) is 0 Å². The van der Waals surface area contributed by atoms with Crippen LogP contribution in [0.1, 0.15) is 44.7 Å². The molecule has 100 valence electrons. The summed E-state index contributed by atoms with van der Waals surface area (Å²) in [6.45, 7) is 5.66. The van der Waals surface area contributed by atoms with Crippen LogP contribution in [0.25, 0.3) is 0 Å². The molecule has 0 aromatic heterocycles. The van der Waals surface area contributed by atoms with Crippen molar-refractivity contribution in [1.82, 2.24) is 0 Å². The van der Waals surface area contributed by atoms with Gasteiger partial charge in [0.25, 0.3) is 0 Å². The fourth-order valence-corrected chi connectivity index (χ4v) is 1.82. The largest absolute Gasteiger partial charge is 0.478 e. The van der Waals surface area contributed by atoms with E-state index < -0.39 is 5.97 Å². The molecule has 0 saturated carbocycles. The molecule has 0 saturated heterocycles. The summed E-state index contributed by atoms with van der Waals surface area (Å²) in [7, 11) is 0. The predicted octanol–water partition coefficient (Wildman–Crippen LogP) is 4.24. The van der Waals surface area contributed by atoms with E-state index in [9.17, 15) is 4.79 Å². The molecule has 0 unspecified atom stereocenters. The van der Waals surface area contributed by atoms with Gasteiger partial charge in [0.15, 0.2) is 0 Å². The third-order valence-electron chi connectivity index (χ3n) is 2.57. The molecule has 0 heterocycles. The van der Waals surface area contributed by atoms with E-state index in [0.29, 0.717) is 0 Å². The van der Waals surface area contributed by atoms with Crippen molar-refractivity contribution < 1.29 is 9.90 Å². The highest BCUT2D eigenvalue weighted by Crippen LogP contribution is 2.19. The van der Waals surface area contributed by atoms with Gasteiger partial charge in [-0.25, -0.2) is 4.79 Å². The molecule has 18 heavy (non-hydrogen) atoms. The molecule has 1 aliphatic carbocycles. The molecule has 0 bridgehead atoms. The van der Waals surface area contributed by atoms with Crippen LogP contribution in [0.15, 0.2) is 36.4 Å². The van der Waals surface area contributed by atoms with Crippen LogP contribution in [0.5, 0.6) is 0 Å². The van der Waals surface area contributed by atoms with Gasteiger partial charge in [-0.05, 0) is 43.7 Å². The Balaban J connectivity index is 0.000000315. The van der Waals surface area contributed by atoms with Crippen LogP contribution in [-0.4, -0.2) is 11.1 Å². The molecule has 0 aliphatic heterocycles. The molecule has 2 rings (SSSR count). The summed E-state index contributed by atoms with van der Waals surface area (Å²) in [5.74, 6) is -0.891. The van der Waals surface area contributed by atoms with Gasteiger partial charge in [0, 0.05) is 6.08 Å². The summed E-state index contributed by atoms with van der Waals surface area (Å²) >= 11 is 0. The molecule has 1 aromatic carbocycles. The van der Waals surface area contributed by atoms with Gasteiger partial charge in [0.05, 0.1) is 0 Å². The quantitative estimate of drug-likeness (QED) is 0.755. The van der Waals surface area contributed by atoms with Crippen molar-refractivity contribution in [2.75, 3.05) is 0 Å². The highest BCUT2D eigenvalue weighted by Gasteiger charge is 2.05. The van der Waals surface area contributed by atoms with Crippen LogP contribution in [0.4, 0.5) is 0 Å². The van der Waals surface area contributed by atoms with Gasteiger partial charge in [0.1, 0.15) is 0 Å². The van der Waals surface area contributed by atoms with Crippen molar-refractivity contribution in [1.29, 1.82) is 0 Å². The second kappa shape index (κ2) is 10.6. The fourth-order valence-electron chi connectivity index (χ4n) is 1.82. The van der Waals surface area contributed by atoms with Crippen LogP contribution in [0, 0.1) is 0 Å². The first-order valence-corrected chi connectivity index (χ1v) is 6.66. The zero-order valence-electron chi connectivity index (χ0n) is 11.6. The highest BCUT2D eigenvalue weighted by atomic mass is 16.4. The molecule has 0 atom stereocenters. The molecule has 0 amide bonds. The number of carbonyl (C=O) groups is 1. The Hall–Kier alpha value is -1.57. The molecule has 1 aromatic rings. The Morgan fingerprint density at radius 1 is 1.11 bits per heavy atom. The van der Waals surface area contributed by atoms with Crippen LogP contribution in [-0.2, 0) is 17.6 Å². The number of aliphatic carboxylic acids is 1. The van der Waals surface area contributed by atoms with Gasteiger partial charge >= 0.3 is 5.97 Å². The SMILES string of the molecule is CC.CC=CC(=O)O.c1ccc2c(c1)CCCC2. The Bertz CT molecular complexity index is 342. The summed E-state index contributed by atoms with van der Waals surface area (Å²) in [5.41, 5.74) is 3.16. The molecule has 0 radical (unpaired) electrons. The summed E-state index contributed by atoms with van der Waals surface area (Å²) < 4.78 is 0. The van der Waals surface area contributed by atoms with Crippen molar-refractivity contribution >= 4 is 5.97 Å². The fraction of sp³-hybridized carbons (Fsp3) is 0.438. The van der Waals surface area contributed by atoms with Crippen LogP contribution >= 0.6 is 0 Å². The van der Waals surface area contributed by atoms with Crippen LogP contribution < -0.4 is 0 Å². The number of benzene rings is 1. The van der Waals surface area contributed by atoms with E-state index in [-0.39, 0.29) is 0 Å². The summed E-state index contributed by atoms with van der Waals surface area (Å²) in [4.78, 5) is 9.51. The first-order valence-electron chi connectivity index (χ1n) is 6.66. The Kier molecular flexibility index (Phi) is 9.65. The van der Waals surface area contributed by atoms with Crippen molar-refractivity contribution in [3.8, 4) is 0 Å². The summed E-state index contributed by atoms with van der Waals surface area (Å²) in [6, 6.07) is 8.80. The number of hydrogen-bond donors (Lipinski definition) is 1. The number of rotatable bonds is 1. The summed E-state index contributed by atoms with van der Waals surface area (Å²) in [5, 5.41) is 7.83. The van der Waals surface area contributed by atoms with Crippen LogP contribution in [0.2, 0.25) is 0 Å². The first-order chi connectivity index (χ1) is 8.74. The van der Waals surface area contributed by atoms with E-state index in [1.807, 2.05) is 13.8 Å². The Morgan fingerprint density at radius 2 is 1.56 bits per heavy atom. The second-order valence-electron chi connectivity index (χ2n) is 3.81. The maximum atomic E-state index is 9.51. The minimum atomic E-state index is -0.891. The molecule has 2 heteroatoms. The zero-order chi connectivity index (χ0) is 13.8. The number of hydrogen-bond acceptors (Lipinski definition) is 1.